The van der Waals surface area contributed by atoms with Gasteiger partial charge in [-0.05, 0) is 29.8 Å². The first-order chi connectivity index (χ1) is 10.7. The van der Waals surface area contributed by atoms with Crippen molar-refractivity contribution in [1.29, 1.82) is 0 Å². The Hall–Kier alpha value is -2.73. The fourth-order valence-electron chi connectivity index (χ4n) is 2.03. The summed E-state index contributed by atoms with van der Waals surface area (Å²) in [6.45, 7) is 0. The highest BCUT2D eigenvalue weighted by Crippen LogP contribution is 2.27. The number of fused-ring (bicyclic) bond motifs is 1. The molecule has 0 atom stereocenters. The van der Waals surface area contributed by atoms with E-state index in [4.69, 9.17) is 4.74 Å². The van der Waals surface area contributed by atoms with Gasteiger partial charge in [0, 0.05) is 12.1 Å². The molecule has 0 aliphatic carbocycles. The van der Waals surface area contributed by atoms with E-state index in [1.165, 1.54) is 23.5 Å². The van der Waals surface area contributed by atoms with Crippen LogP contribution in [0.5, 0.6) is 5.75 Å². The molecule has 0 amide bonds. The lowest BCUT2D eigenvalue weighted by Gasteiger charge is -1.99. The third-order valence-electron chi connectivity index (χ3n) is 3.11. The van der Waals surface area contributed by atoms with Crippen molar-refractivity contribution in [1.82, 2.24) is 4.98 Å². The first-order valence-corrected chi connectivity index (χ1v) is 7.34. The normalized spacial score (nSPS) is 11.1. The second-order valence-electron chi connectivity index (χ2n) is 4.57. The molecule has 110 valence electrons. The number of non-ortho nitro benzene ring substituents is 1. The highest BCUT2D eigenvalue weighted by Gasteiger charge is 2.09. The molecule has 1 aromatic heterocycles. The van der Waals surface area contributed by atoms with Crippen LogP contribution in [0.1, 0.15) is 10.6 Å². The van der Waals surface area contributed by atoms with Gasteiger partial charge in [-0.15, -0.1) is 11.3 Å². The third kappa shape index (κ3) is 2.96. The highest BCUT2D eigenvalue weighted by atomic mass is 32.1. The Morgan fingerprint density at radius 3 is 2.86 bits per heavy atom. The van der Waals surface area contributed by atoms with Gasteiger partial charge in [0.05, 0.1) is 22.2 Å². The van der Waals surface area contributed by atoms with Gasteiger partial charge in [-0.2, -0.15) is 0 Å². The van der Waals surface area contributed by atoms with Crippen LogP contribution in [0.15, 0.2) is 42.5 Å². The maximum absolute atomic E-state index is 10.8. The summed E-state index contributed by atoms with van der Waals surface area (Å²) in [5.74, 6) is 0.794. The van der Waals surface area contributed by atoms with Gasteiger partial charge in [0.15, 0.2) is 0 Å². The van der Waals surface area contributed by atoms with E-state index in [1.807, 2.05) is 36.4 Å². The molecule has 22 heavy (non-hydrogen) atoms. The molecular formula is C16H12N2O3S. The van der Waals surface area contributed by atoms with Gasteiger partial charge in [0.2, 0.25) is 0 Å². The molecule has 5 nitrogen and oxygen atoms in total. The Balaban J connectivity index is 1.90. The summed E-state index contributed by atoms with van der Waals surface area (Å²) in [5.41, 5.74) is 1.70. The van der Waals surface area contributed by atoms with E-state index < -0.39 is 4.92 Å². The molecule has 0 unspecified atom stereocenters. The van der Waals surface area contributed by atoms with Crippen LogP contribution in [-0.4, -0.2) is 17.0 Å². The van der Waals surface area contributed by atoms with Gasteiger partial charge >= 0.3 is 0 Å². The fourth-order valence-corrected chi connectivity index (χ4v) is 2.88. The Kier molecular flexibility index (Phi) is 3.84. The second kappa shape index (κ2) is 5.95. The van der Waals surface area contributed by atoms with Crippen molar-refractivity contribution in [2.24, 2.45) is 0 Å². The van der Waals surface area contributed by atoms with Gasteiger partial charge in [-0.3, -0.25) is 10.1 Å². The summed E-state index contributed by atoms with van der Waals surface area (Å²) < 4.78 is 6.11. The number of hydrogen-bond acceptors (Lipinski definition) is 5. The number of nitro groups is 1. The number of aromatic nitrogens is 1. The Labute approximate surface area is 130 Å². The summed E-state index contributed by atoms with van der Waals surface area (Å²) in [4.78, 5) is 14.8. The monoisotopic (exact) mass is 312 g/mol. The van der Waals surface area contributed by atoms with Crippen molar-refractivity contribution in [3.63, 3.8) is 0 Å². The van der Waals surface area contributed by atoms with Crippen molar-refractivity contribution in [3.8, 4) is 5.75 Å². The molecule has 0 fully saturated rings. The van der Waals surface area contributed by atoms with E-state index in [2.05, 4.69) is 4.98 Å². The van der Waals surface area contributed by atoms with Gasteiger partial charge in [0.1, 0.15) is 10.8 Å². The van der Waals surface area contributed by atoms with Gasteiger partial charge < -0.3 is 4.74 Å². The number of rotatable bonds is 4. The molecule has 0 bridgehead atoms. The van der Waals surface area contributed by atoms with E-state index in [1.54, 1.807) is 13.2 Å². The number of benzene rings is 2. The van der Waals surface area contributed by atoms with Crippen LogP contribution >= 0.6 is 11.3 Å². The van der Waals surface area contributed by atoms with Crippen molar-refractivity contribution in [3.05, 3.63) is 63.1 Å². The molecule has 0 saturated heterocycles. The average molecular weight is 312 g/mol. The average Bonchev–Trinajstić information content (AvgIpc) is 2.95. The number of hydrogen-bond donors (Lipinski definition) is 0. The molecule has 0 saturated carbocycles. The predicted molar refractivity (Wildman–Crippen MR) is 88.2 cm³/mol. The summed E-state index contributed by atoms with van der Waals surface area (Å²) in [6, 6.07) is 12.4. The summed E-state index contributed by atoms with van der Waals surface area (Å²) in [6.07, 6.45) is 3.83. The van der Waals surface area contributed by atoms with Crippen molar-refractivity contribution in [2.45, 2.75) is 0 Å². The van der Waals surface area contributed by atoms with Crippen LogP contribution in [0.3, 0.4) is 0 Å². The van der Waals surface area contributed by atoms with Crippen molar-refractivity contribution in [2.75, 3.05) is 7.11 Å². The van der Waals surface area contributed by atoms with E-state index >= 15 is 0 Å². The number of ether oxygens (including phenoxy) is 1. The molecule has 2 aromatic carbocycles. The van der Waals surface area contributed by atoms with E-state index in [-0.39, 0.29) is 5.69 Å². The molecule has 0 spiro atoms. The first kappa shape index (κ1) is 14.2. The van der Waals surface area contributed by atoms with Crippen molar-refractivity contribution >= 4 is 39.4 Å². The number of nitro benzene ring substituents is 1. The number of thiazole rings is 1. The molecule has 3 aromatic rings. The number of nitrogens with zero attached hydrogens (tertiary/aromatic N) is 2. The largest absolute Gasteiger partial charge is 0.497 e. The molecular weight excluding hydrogens is 300 g/mol. The zero-order valence-electron chi connectivity index (χ0n) is 11.7. The van der Waals surface area contributed by atoms with Crippen LogP contribution in [0.25, 0.3) is 22.4 Å². The summed E-state index contributed by atoms with van der Waals surface area (Å²) in [5, 5.41) is 11.6. The second-order valence-corrected chi connectivity index (χ2v) is 5.63. The van der Waals surface area contributed by atoms with Crippen molar-refractivity contribution < 1.29 is 9.66 Å². The minimum absolute atomic E-state index is 0.0566. The first-order valence-electron chi connectivity index (χ1n) is 6.53. The zero-order chi connectivity index (χ0) is 15.5. The lowest BCUT2D eigenvalue weighted by atomic mass is 10.2. The molecule has 0 aliphatic rings. The van der Waals surface area contributed by atoms with Gasteiger partial charge in [0.25, 0.3) is 5.69 Å². The van der Waals surface area contributed by atoms with Crippen LogP contribution in [0.4, 0.5) is 5.69 Å². The van der Waals surface area contributed by atoms with Crippen LogP contribution < -0.4 is 4.74 Å². The van der Waals surface area contributed by atoms with E-state index in [9.17, 15) is 10.1 Å². The van der Waals surface area contributed by atoms with E-state index in [0.29, 0.717) is 5.52 Å². The molecule has 3 rings (SSSR count). The zero-order valence-corrected chi connectivity index (χ0v) is 12.5. The lowest BCUT2D eigenvalue weighted by Crippen LogP contribution is -1.86. The maximum Gasteiger partial charge on any atom is 0.271 e. The van der Waals surface area contributed by atoms with Crippen LogP contribution in [0.2, 0.25) is 0 Å². The third-order valence-corrected chi connectivity index (χ3v) is 4.11. The van der Waals surface area contributed by atoms with Crippen LogP contribution in [0, 0.1) is 10.1 Å². The van der Waals surface area contributed by atoms with E-state index in [0.717, 1.165) is 21.0 Å². The fraction of sp³-hybridized carbons (Fsp3) is 0.0625. The molecule has 1 heterocycles. The number of methoxy groups -OCH3 is 1. The lowest BCUT2D eigenvalue weighted by molar-refractivity contribution is -0.384. The summed E-state index contributed by atoms with van der Waals surface area (Å²) in [7, 11) is 1.63. The molecule has 0 N–H and O–H groups in total. The van der Waals surface area contributed by atoms with Gasteiger partial charge in [-0.1, -0.05) is 18.2 Å². The Bertz CT molecular complexity index is 871. The Morgan fingerprint density at radius 1 is 1.23 bits per heavy atom. The highest BCUT2D eigenvalue weighted by molar-refractivity contribution is 7.19. The quantitative estimate of drug-likeness (QED) is 0.529. The standard InChI is InChI=1S/C16H12N2O3S/c1-21-13-4-2-3-11(9-13)5-8-16-17-14-10-12(18(19)20)6-7-15(14)22-16/h2-10H,1H3/b8-5+. The minimum Gasteiger partial charge on any atom is -0.497 e. The minimum atomic E-state index is -0.412. The molecule has 0 aliphatic heterocycles. The van der Waals surface area contributed by atoms with Crippen LogP contribution in [-0.2, 0) is 0 Å². The molecule has 0 radical (unpaired) electrons. The molecule has 6 heteroatoms. The smallest absolute Gasteiger partial charge is 0.271 e. The topological polar surface area (TPSA) is 65.3 Å². The van der Waals surface area contributed by atoms with Gasteiger partial charge in [-0.25, -0.2) is 4.98 Å². The SMILES string of the molecule is COc1cccc(/C=C/c2nc3cc([N+](=O)[O-])ccc3s2)c1. The predicted octanol–water partition coefficient (Wildman–Crippen LogP) is 4.38. The summed E-state index contributed by atoms with van der Waals surface area (Å²) >= 11 is 1.50. The maximum atomic E-state index is 10.8. The Morgan fingerprint density at radius 2 is 2.09 bits per heavy atom.